The van der Waals surface area contributed by atoms with E-state index in [9.17, 15) is 14.4 Å². The van der Waals surface area contributed by atoms with Crippen LogP contribution in [0, 0.1) is 6.92 Å². The van der Waals surface area contributed by atoms with E-state index in [1.165, 1.54) is 6.92 Å². The molecule has 3 amide bonds. The summed E-state index contributed by atoms with van der Waals surface area (Å²) >= 11 is 0. The van der Waals surface area contributed by atoms with Crippen molar-refractivity contribution in [1.82, 2.24) is 0 Å². The number of nitrogens with zero attached hydrogens (tertiary/aromatic N) is 1. The minimum Gasteiger partial charge on any atom is -0.376 e. The highest BCUT2D eigenvalue weighted by molar-refractivity contribution is 6.04. The molecular formula is C25H26N4O3. The van der Waals surface area contributed by atoms with Crippen molar-refractivity contribution < 1.29 is 14.4 Å². The quantitative estimate of drug-likeness (QED) is 0.522. The van der Waals surface area contributed by atoms with E-state index in [0.29, 0.717) is 16.9 Å². The number of anilines is 4. The lowest BCUT2D eigenvalue weighted by molar-refractivity contribution is -0.116. The summed E-state index contributed by atoms with van der Waals surface area (Å²) in [6, 6.07) is 21.6. The fourth-order valence-corrected chi connectivity index (χ4v) is 3.00. The van der Waals surface area contributed by atoms with Crippen molar-refractivity contribution in [2.45, 2.75) is 13.8 Å². The second-order valence-corrected chi connectivity index (χ2v) is 7.43. The van der Waals surface area contributed by atoms with Gasteiger partial charge in [0.05, 0.1) is 6.54 Å². The van der Waals surface area contributed by atoms with Gasteiger partial charge in [-0.15, -0.1) is 0 Å². The van der Waals surface area contributed by atoms with E-state index in [4.69, 9.17) is 0 Å². The fraction of sp³-hybridized carbons (Fsp3) is 0.160. The molecule has 0 radical (unpaired) electrons. The van der Waals surface area contributed by atoms with Gasteiger partial charge < -0.3 is 20.9 Å². The van der Waals surface area contributed by atoms with Crippen LogP contribution >= 0.6 is 0 Å². The van der Waals surface area contributed by atoms with Crippen molar-refractivity contribution in [3.63, 3.8) is 0 Å². The molecule has 7 heteroatoms. The minimum atomic E-state index is -0.202. The van der Waals surface area contributed by atoms with Crippen LogP contribution in [0.2, 0.25) is 0 Å². The number of hydrogen-bond donors (Lipinski definition) is 3. The largest absolute Gasteiger partial charge is 0.376 e. The predicted molar refractivity (Wildman–Crippen MR) is 128 cm³/mol. The average molecular weight is 431 g/mol. The van der Waals surface area contributed by atoms with E-state index < -0.39 is 0 Å². The highest BCUT2D eigenvalue weighted by Crippen LogP contribution is 2.18. The lowest BCUT2D eigenvalue weighted by atomic mass is 10.1. The maximum Gasteiger partial charge on any atom is 0.255 e. The Morgan fingerprint density at radius 1 is 0.812 bits per heavy atom. The van der Waals surface area contributed by atoms with Crippen LogP contribution in [0.5, 0.6) is 0 Å². The maximum atomic E-state index is 12.3. The first-order chi connectivity index (χ1) is 15.3. The van der Waals surface area contributed by atoms with E-state index >= 15 is 0 Å². The Bertz CT molecular complexity index is 1110. The van der Waals surface area contributed by atoms with Crippen LogP contribution in [-0.2, 0) is 9.59 Å². The Labute approximate surface area is 187 Å². The molecule has 0 saturated carbocycles. The third kappa shape index (κ3) is 6.18. The van der Waals surface area contributed by atoms with Gasteiger partial charge in [-0.2, -0.15) is 0 Å². The van der Waals surface area contributed by atoms with E-state index in [2.05, 4.69) is 16.0 Å². The first-order valence-electron chi connectivity index (χ1n) is 10.2. The van der Waals surface area contributed by atoms with Gasteiger partial charge in [0.1, 0.15) is 0 Å². The van der Waals surface area contributed by atoms with Crippen molar-refractivity contribution >= 4 is 40.5 Å². The van der Waals surface area contributed by atoms with E-state index in [-0.39, 0.29) is 24.3 Å². The zero-order valence-corrected chi connectivity index (χ0v) is 18.3. The van der Waals surface area contributed by atoms with Crippen molar-refractivity contribution in [2.75, 3.05) is 34.4 Å². The zero-order chi connectivity index (χ0) is 23.1. The molecule has 0 fully saturated rings. The summed E-state index contributed by atoms with van der Waals surface area (Å²) in [6.45, 7) is 3.53. The van der Waals surface area contributed by atoms with Crippen LogP contribution in [0.15, 0.2) is 72.8 Å². The summed E-state index contributed by atoms with van der Waals surface area (Å²) in [4.78, 5) is 37.5. The number of rotatable bonds is 7. The number of carbonyl (C=O) groups is 3. The first kappa shape index (κ1) is 22.6. The van der Waals surface area contributed by atoms with E-state index in [0.717, 1.165) is 16.9 Å². The molecule has 3 rings (SSSR count). The Balaban J connectivity index is 1.49. The molecule has 0 aliphatic carbocycles. The summed E-state index contributed by atoms with van der Waals surface area (Å²) in [6.07, 6.45) is 0. The molecule has 164 valence electrons. The van der Waals surface area contributed by atoms with Gasteiger partial charge in [-0.05, 0) is 67.6 Å². The molecule has 0 aliphatic rings. The van der Waals surface area contributed by atoms with Gasteiger partial charge in [0.2, 0.25) is 11.8 Å². The fourth-order valence-electron chi connectivity index (χ4n) is 3.00. The van der Waals surface area contributed by atoms with E-state index in [1.807, 2.05) is 49.4 Å². The van der Waals surface area contributed by atoms with Crippen molar-refractivity contribution in [3.8, 4) is 0 Å². The van der Waals surface area contributed by atoms with Gasteiger partial charge in [-0.1, -0.05) is 17.7 Å². The summed E-state index contributed by atoms with van der Waals surface area (Å²) in [5.74, 6) is -0.437. The van der Waals surface area contributed by atoms with Crippen molar-refractivity contribution in [1.29, 1.82) is 0 Å². The van der Waals surface area contributed by atoms with Crippen LogP contribution in [-0.4, -0.2) is 31.3 Å². The number of benzene rings is 3. The zero-order valence-electron chi connectivity index (χ0n) is 18.3. The van der Waals surface area contributed by atoms with Gasteiger partial charge >= 0.3 is 0 Å². The average Bonchev–Trinajstić information content (AvgIpc) is 2.79. The van der Waals surface area contributed by atoms with E-state index in [1.54, 1.807) is 42.3 Å². The molecule has 0 atom stereocenters. The second kappa shape index (κ2) is 10.3. The topological polar surface area (TPSA) is 90.5 Å². The highest BCUT2D eigenvalue weighted by atomic mass is 16.2. The molecule has 0 unspecified atom stereocenters. The third-order valence-corrected chi connectivity index (χ3v) is 4.89. The molecule has 0 spiro atoms. The molecule has 3 N–H and O–H groups in total. The van der Waals surface area contributed by atoms with Crippen LogP contribution in [0.4, 0.5) is 22.7 Å². The lowest BCUT2D eigenvalue weighted by Gasteiger charge is -2.15. The van der Waals surface area contributed by atoms with Gasteiger partial charge in [0.25, 0.3) is 5.91 Å². The minimum absolute atomic E-state index is 0.0502. The standard InChI is InChI=1S/C25H26N4O3/c1-17-5-4-6-19(15-17)25(32)28-22-9-7-21(8-10-22)27-24(31)16-26-20-11-13-23(14-12-20)29(3)18(2)30/h4-15,26H,16H2,1-3H3,(H,27,31)(H,28,32). The molecule has 0 aromatic heterocycles. The monoisotopic (exact) mass is 430 g/mol. The predicted octanol–water partition coefficient (Wildman–Crippen LogP) is 4.28. The van der Waals surface area contributed by atoms with Crippen LogP contribution in [0.25, 0.3) is 0 Å². The van der Waals surface area contributed by atoms with Gasteiger partial charge in [-0.25, -0.2) is 0 Å². The van der Waals surface area contributed by atoms with Gasteiger partial charge in [-0.3, -0.25) is 14.4 Å². The lowest BCUT2D eigenvalue weighted by Crippen LogP contribution is -2.23. The molecular weight excluding hydrogens is 404 g/mol. The molecule has 7 nitrogen and oxygen atoms in total. The maximum absolute atomic E-state index is 12.3. The van der Waals surface area contributed by atoms with Crippen LogP contribution < -0.4 is 20.9 Å². The Kier molecular flexibility index (Phi) is 7.23. The molecule has 3 aromatic rings. The van der Waals surface area contributed by atoms with Gasteiger partial charge in [0, 0.05) is 42.3 Å². The summed E-state index contributed by atoms with van der Waals surface area (Å²) in [5, 5.41) is 8.70. The smallest absolute Gasteiger partial charge is 0.255 e. The molecule has 0 aliphatic heterocycles. The van der Waals surface area contributed by atoms with Crippen LogP contribution in [0.1, 0.15) is 22.8 Å². The van der Waals surface area contributed by atoms with Crippen molar-refractivity contribution in [3.05, 3.63) is 83.9 Å². The summed E-state index contributed by atoms with van der Waals surface area (Å²) in [7, 11) is 1.71. The molecule has 32 heavy (non-hydrogen) atoms. The van der Waals surface area contributed by atoms with Gasteiger partial charge in [0.15, 0.2) is 0 Å². The summed E-state index contributed by atoms with van der Waals surface area (Å²) in [5.41, 5.74) is 4.43. The number of amides is 3. The first-order valence-corrected chi connectivity index (χ1v) is 10.2. The van der Waals surface area contributed by atoms with Crippen molar-refractivity contribution in [2.24, 2.45) is 0 Å². The SMILES string of the molecule is CC(=O)N(C)c1ccc(NCC(=O)Nc2ccc(NC(=O)c3cccc(C)c3)cc2)cc1. The second-order valence-electron chi connectivity index (χ2n) is 7.43. The molecule has 3 aromatic carbocycles. The Morgan fingerprint density at radius 3 is 2.00 bits per heavy atom. The molecule has 0 heterocycles. The Hall–Kier alpha value is -4.13. The summed E-state index contributed by atoms with van der Waals surface area (Å²) < 4.78 is 0. The number of carbonyl (C=O) groups excluding carboxylic acids is 3. The number of aryl methyl sites for hydroxylation is 1. The highest BCUT2D eigenvalue weighted by Gasteiger charge is 2.08. The number of hydrogen-bond acceptors (Lipinski definition) is 4. The third-order valence-electron chi connectivity index (χ3n) is 4.89. The molecule has 0 bridgehead atoms. The number of nitrogens with one attached hydrogen (secondary N) is 3. The van der Waals surface area contributed by atoms with Crippen LogP contribution in [0.3, 0.4) is 0 Å². The molecule has 0 saturated heterocycles. The normalized spacial score (nSPS) is 10.2. The Morgan fingerprint density at radius 2 is 1.41 bits per heavy atom.